The predicted octanol–water partition coefficient (Wildman–Crippen LogP) is 1.72. The monoisotopic (exact) mass is 202 g/mol. The number of hydrogen-bond donors (Lipinski definition) is 0. The Balaban J connectivity index is 2.11. The van der Waals surface area contributed by atoms with Crippen LogP contribution in [-0.2, 0) is 4.79 Å². The van der Waals surface area contributed by atoms with E-state index in [4.69, 9.17) is 0 Å². The van der Waals surface area contributed by atoms with Gasteiger partial charge >= 0.3 is 0 Å². The molecule has 0 unspecified atom stereocenters. The highest BCUT2D eigenvalue weighted by Gasteiger charge is 2.20. The van der Waals surface area contributed by atoms with Crippen LogP contribution in [0.3, 0.4) is 0 Å². The van der Waals surface area contributed by atoms with Gasteiger partial charge in [-0.2, -0.15) is 0 Å². The topological polar surface area (TPSA) is 33.2 Å². The summed E-state index contributed by atoms with van der Waals surface area (Å²) < 4.78 is 0. The van der Waals surface area contributed by atoms with Crippen LogP contribution in [0.1, 0.15) is 18.4 Å². The van der Waals surface area contributed by atoms with E-state index in [0.29, 0.717) is 5.57 Å². The maximum Gasteiger partial charge on any atom is 0.253 e. The third-order valence-electron chi connectivity index (χ3n) is 2.66. The summed E-state index contributed by atoms with van der Waals surface area (Å²) in [6.45, 7) is 5.56. The molecule has 0 atom stereocenters. The summed E-state index contributed by atoms with van der Waals surface area (Å²) in [5.41, 5.74) is 1.36. The number of nitrogens with zero attached hydrogens (tertiary/aromatic N) is 2. The van der Waals surface area contributed by atoms with Crippen molar-refractivity contribution in [3.63, 3.8) is 0 Å². The van der Waals surface area contributed by atoms with E-state index in [0.717, 1.165) is 31.5 Å². The molecule has 0 bridgehead atoms. The second kappa shape index (κ2) is 4.26. The van der Waals surface area contributed by atoms with Gasteiger partial charge in [0.25, 0.3) is 5.91 Å². The largest absolute Gasteiger partial charge is 0.339 e. The summed E-state index contributed by atoms with van der Waals surface area (Å²) >= 11 is 0. The number of hydrogen-bond acceptors (Lipinski definition) is 2. The molecule has 2 heterocycles. The molecule has 0 spiro atoms. The number of likely N-dealkylation sites (tertiary alicyclic amines) is 1. The fraction of sp³-hybridized carbons (Fsp3) is 0.333. The molecule has 15 heavy (non-hydrogen) atoms. The van der Waals surface area contributed by atoms with Crippen molar-refractivity contribution in [2.45, 2.75) is 12.8 Å². The lowest BCUT2D eigenvalue weighted by molar-refractivity contribution is -0.123. The Labute approximate surface area is 89.4 Å². The molecule has 1 aliphatic rings. The van der Waals surface area contributed by atoms with Crippen molar-refractivity contribution in [2.75, 3.05) is 13.1 Å². The molecular weight excluding hydrogens is 188 g/mol. The summed E-state index contributed by atoms with van der Waals surface area (Å²) in [6, 6.07) is 3.68. The smallest absolute Gasteiger partial charge is 0.253 e. The molecule has 1 saturated heterocycles. The molecule has 0 aromatic carbocycles. The average molecular weight is 202 g/mol. The maximum absolute atomic E-state index is 11.9. The van der Waals surface area contributed by atoms with Gasteiger partial charge in [-0.1, -0.05) is 12.6 Å². The van der Waals surface area contributed by atoms with Crippen LogP contribution in [0.5, 0.6) is 0 Å². The molecule has 1 amide bonds. The Hall–Kier alpha value is -1.64. The minimum Gasteiger partial charge on any atom is -0.339 e. The minimum atomic E-state index is 0.0421. The fourth-order valence-corrected chi connectivity index (χ4v) is 1.78. The van der Waals surface area contributed by atoms with Crippen molar-refractivity contribution in [2.24, 2.45) is 0 Å². The Morgan fingerprint density at radius 2 is 2.13 bits per heavy atom. The van der Waals surface area contributed by atoms with Crippen molar-refractivity contribution in [3.8, 4) is 0 Å². The van der Waals surface area contributed by atoms with Crippen LogP contribution in [-0.4, -0.2) is 28.9 Å². The van der Waals surface area contributed by atoms with Crippen LogP contribution in [0.25, 0.3) is 5.57 Å². The van der Waals surface area contributed by atoms with Gasteiger partial charge in [-0.3, -0.25) is 9.78 Å². The first-order valence-electron chi connectivity index (χ1n) is 5.17. The van der Waals surface area contributed by atoms with Crippen molar-refractivity contribution in [1.29, 1.82) is 0 Å². The van der Waals surface area contributed by atoms with Crippen molar-refractivity contribution >= 4 is 11.5 Å². The van der Waals surface area contributed by atoms with Gasteiger partial charge in [0.05, 0.1) is 0 Å². The van der Waals surface area contributed by atoms with Crippen LogP contribution in [0.2, 0.25) is 0 Å². The Morgan fingerprint density at radius 3 is 2.73 bits per heavy atom. The summed E-state index contributed by atoms with van der Waals surface area (Å²) in [4.78, 5) is 17.8. The first-order chi connectivity index (χ1) is 7.29. The molecule has 0 radical (unpaired) electrons. The third kappa shape index (κ3) is 2.06. The standard InChI is InChI=1S/C12H14N2O/c1-10(11-5-4-6-13-9-11)12(15)14-7-2-3-8-14/h4-6,9H,1-3,7-8H2. The van der Waals surface area contributed by atoms with Crippen LogP contribution >= 0.6 is 0 Å². The quantitative estimate of drug-likeness (QED) is 0.684. The maximum atomic E-state index is 11.9. The van der Waals surface area contributed by atoms with Gasteiger partial charge in [-0.05, 0) is 18.9 Å². The zero-order valence-corrected chi connectivity index (χ0v) is 8.65. The zero-order valence-electron chi connectivity index (χ0n) is 8.65. The molecule has 1 aromatic heterocycles. The summed E-state index contributed by atoms with van der Waals surface area (Å²) in [5.74, 6) is 0.0421. The Morgan fingerprint density at radius 1 is 1.40 bits per heavy atom. The van der Waals surface area contributed by atoms with Gasteiger partial charge in [0, 0.05) is 36.6 Å². The fourth-order valence-electron chi connectivity index (χ4n) is 1.78. The molecule has 0 N–H and O–H groups in total. The van der Waals surface area contributed by atoms with E-state index in [1.54, 1.807) is 12.4 Å². The normalized spacial score (nSPS) is 15.3. The lowest BCUT2D eigenvalue weighted by atomic mass is 10.1. The molecule has 2 rings (SSSR count). The molecule has 78 valence electrons. The van der Waals surface area contributed by atoms with E-state index < -0.39 is 0 Å². The number of amides is 1. The highest BCUT2D eigenvalue weighted by atomic mass is 16.2. The van der Waals surface area contributed by atoms with E-state index in [1.807, 2.05) is 17.0 Å². The van der Waals surface area contributed by atoms with Gasteiger partial charge in [0.2, 0.25) is 0 Å². The van der Waals surface area contributed by atoms with E-state index in [9.17, 15) is 4.79 Å². The minimum absolute atomic E-state index is 0.0421. The highest BCUT2D eigenvalue weighted by molar-refractivity contribution is 6.18. The Kier molecular flexibility index (Phi) is 2.81. The summed E-state index contributed by atoms with van der Waals surface area (Å²) in [5, 5.41) is 0. The van der Waals surface area contributed by atoms with Gasteiger partial charge in [0.1, 0.15) is 0 Å². The van der Waals surface area contributed by atoms with Gasteiger partial charge in [0.15, 0.2) is 0 Å². The third-order valence-corrected chi connectivity index (χ3v) is 2.66. The van der Waals surface area contributed by atoms with Gasteiger partial charge < -0.3 is 4.90 Å². The van der Waals surface area contributed by atoms with Gasteiger partial charge in [-0.15, -0.1) is 0 Å². The summed E-state index contributed by atoms with van der Waals surface area (Å²) in [7, 11) is 0. The number of aromatic nitrogens is 1. The Bertz CT molecular complexity index is 366. The van der Waals surface area contributed by atoms with Crippen molar-refractivity contribution in [3.05, 3.63) is 36.7 Å². The molecule has 1 fully saturated rings. The summed E-state index contributed by atoms with van der Waals surface area (Å²) in [6.07, 6.45) is 5.57. The predicted molar refractivity (Wildman–Crippen MR) is 59.1 cm³/mol. The number of carbonyl (C=O) groups excluding carboxylic acids is 1. The van der Waals surface area contributed by atoms with Crippen LogP contribution in [0.15, 0.2) is 31.1 Å². The van der Waals surface area contributed by atoms with Crippen molar-refractivity contribution in [1.82, 2.24) is 9.88 Å². The molecule has 0 saturated carbocycles. The second-order valence-electron chi connectivity index (χ2n) is 3.72. The molecule has 0 aliphatic carbocycles. The van der Waals surface area contributed by atoms with Crippen LogP contribution < -0.4 is 0 Å². The average Bonchev–Trinajstić information content (AvgIpc) is 2.82. The molecule has 3 heteroatoms. The lowest BCUT2D eigenvalue weighted by Gasteiger charge is -2.16. The van der Waals surface area contributed by atoms with E-state index in [-0.39, 0.29) is 5.91 Å². The van der Waals surface area contributed by atoms with Gasteiger partial charge in [-0.25, -0.2) is 0 Å². The SMILES string of the molecule is C=C(C(=O)N1CCCC1)c1cccnc1. The molecule has 1 aromatic rings. The number of rotatable bonds is 2. The lowest BCUT2D eigenvalue weighted by Crippen LogP contribution is -2.28. The molecule has 3 nitrogen and oxygen atoms in total. The van der Waals surface area contributed by atoms with E-state index in [1.165, 1.54) is 0 Å². The van der Waals surface area contributed by atoms with E-state index >= 15 is 0 Å². The van der Waals surface area contributed by atoms with Crippen LogP contribution in [0, 0.1) is 0 Å². The first-order valence-corrected chi connectivity index (χ1v) is 5.17. The second-order valence-corrected chi connectivity index (χ2v) is 3.72. The molecule has 1 aliphatic heterocycles. The molecular formula is C12H14N2O. The highest BCUT2D eigenvalue weighted by Crippen LogP contribution is 2.17. The zero-order chi connectivity index (χ0) is 10.7. The first kappa shape index (κ1) is 9.90. The van der Waals surface area contributed by atoms with Crippen molar-refractivity contribution < 1.29 is 4.79 Å². The number of carbonyl (C=O) groups is 1. The van der Waals surface area contributed by atoms with Crippen LogP contribution in [0.4, 0.5) is 0 Å². The number of pyridine rings is 1. The van der Waals surface area contributed by atoms with E-state index in [2.05, 4.69) is 11.6 Å².